The van der Waals surface area contributed by atoms with Gasteiger partial charge in [0.2, 0.25) is 0 Å². The van der Waals surface area contributed by atoms with Crippen LogP contribution in [0, 0.1) is 50.7 Å². The molecule has 3 aliphatic rings. The third-order valence-electron chi connectivity index (χ3n) is 8.62. The van der Waals surface area contributed by atoms with Gasteiger partial charge in [0.15, 0.2) is 5.78 Å². The minimum Gasteiger partial charge on any atom is -0.295 e. The molecule has 0 spiro atoms. The molecule has 0 radical (unpaired) electrons. The number of allylic oxidation sites excluding steroid dienone is 4. The lowest BCUT2D eigenvalue weighted by Crippen LogP contribution is -2.55. The second-order valence-electron chi connectivity index (χ2n) is 12.1. The van der Waals surface area contributed by atoms with Crippen molar-refractivity contribution in [2.24, 2.45) is 39.4 Å². The summed E-state index contributed by atoms with van der Waals surface area (Å²) < 4.78 is 0. The predicted molar refractivity (Wildman–Crippen MR) is 115 cm³/mol. The Hall–Kier alpha value is -1.36. The van der Waals surface area contributed by atoms with Crippen LogP contribution in [0.25, 0.3) is 0 Å². The van der Waals surface area contributed by atoms with E-state index < -0.39 is 0 Å². The number of hydrogen-bond acceptors (Lipinski definition) is 2. The van der Waals surface area contributed by atoms with Crippen molar-refractivity contribution in [1.82, 2.24) is 0 Å². The Morgan fingerprint density at radius 1 is 1.14 bits per heavy atom. The van der Waals surface area contributed by atoms with Crippen LogP contribution in [0.1, 0.15) is 87.5 Å². The van der Waals surface area contributed by atoms with E-state index in [0.717, 1.165) is 12.0 Å². The third kappa shape index (κ3) is 3.40. The average molecular weight is 382 g/mol. The molecule has 4 atom stereocenters. The zero-order valence-electron chi connectivity index (χ0n) is 19.3. The fourth-order valence-corrected chi connectivity index (χ4v) is 7.07. The third-order valence-corrected chi connectivity index (χ3v) is 8.62. The summed E-state index contributed by atoms with van der Waals surface area (Å²) in [6.07, 6.45) is 10.1. The van der Waals surface area contributed by atoms with E-state index in [0.29, 0.717) is 28.4 Å². The molecule has 0 aromatic carbocycles. The normalized spacial score (nSPS) is 37.4. The van der Waals surface area contributed by atoms with Crippen LogP contribution < -0.4 is 0 Å². The molecule has 0 saturated heterocycles. The number of nitriles is 1. The van der Waals surface area contributed by atoms with Gasteiger partial charge in [-0.05, 0) is 73.2 Å². The zero-order valence-corrected chi connectivity index (χ0v) is 19.3. The highest BCUT2D eigenvalue weighted by Gasteiger charge is 2.58. The van der Waals surface area contributed by atoms with Crippen molar-refractivity contribution in [3.63, 3.8) is 0 Å². The van der Waals surface area contributed by atoms with Crippen LogP contribution in [-0.4, -0.2) is 5.78 Å². The van der Waals surface area contributed by atoms with Crippen LogP contribution in [-0.2, 0) is 4.79 Å². The van der Waals surface area contributed by atoms with Gasteiger partial charge in [0.05, 0.1) is 6.07 Å². The van der Waals surface area contributed by atoms with E-state index >= 15 is 0 Å². The fourth-order valence-electron chi connectivity index (χ4n) is 7.07. The van der Waals surface area contributed by atoms with Gasteiger partial charge in [-0.15, -0.1) is 0 Å². The first-order valence-corrected chi connectivity index (χ1v) is 11.1. The van der Waals surface area contributed by atoms with E-state index in [4.69, 9.17) is 0 Å². The molecule has 2 heteroatoms. The molecule has 0 N–H and O–H groups in total. The van der Waals surface area contributed by atoms with Gasteiger partial charge in [-0.1, -0.05) is 60.1 Å². The number of rotatable bonds is 2. The van der Waals surface area contributed by atoms with Crippen LogP contribution in [0.4, 0.5) is 0 Å². The molecule has 0 aromatic heterocycles. The fraction of sp³-hybridized carbons (Fsp3) is 0.769. The molecule has 3 aliphatic carbocycles. The van der Waals surface area contributed by atoms with Crippen molar-refractivity contribution in [1.29, 1.82) is 5.26 Å². The molecule has 154 valence electrons. The molecule has 2 saturated carbocycles. The summed E-state index contributed by atoms with van der Waals surface area (Å²) >= 11 is 0. The summed E-state index contributed by atoms with van der Waals surface area (Å²) in [5, 5.41) is 9.27. The van der Waals surface area contributed by atoms with Crippen molar-refractivity contribution >= 4 is 5.78 Å². The number of carbonyl (C=O) groups is 1. The average Bonchev–Trinajstić information content (AvgIpc) is 2.57. The van der Waals surface area contributed by atoms with Crippen molar-refractivity contribution in [3.05, 3.63) is 23.3 Å². The number of carbonyl (C=O) groups excluding carboxylic acids is 1. The number of ketones is 1. The standard InChI is InChI=1S/C26H39NO/c1-17(16-27)14-24(4,5)21-13-20(28)22-18(25(21,6)7)9-10-26(8)12-11-23(2,3)15-19(22)26/h13-14,18-19,22H,9-12,15H2,1-8H3/b17-14+. The monoisotopic (exact) mass is 381 g/mol. The smallest absolute Gasteiger partial charge is 0.159 e. The van der Waals surface area contributed by atoms with Crippen molar-refractivity contribution < 1.29 is 4.79 Å². The Morgan fingerprint density at radius 2 is 1.79 bits per heavy atom. The summed E-state index contributed by atoms with van der Waals surface area (Å²) in [6, 6.07) is 2.26. The Balaban J connectivity index is 2.06. The second-order valence-corrected chi connectivity index (χ2v) is 12.1. The lowest BCUT2D eigenvalue weighted by atomic mass is 9.44. The van der Waals surface area contributed by atoms with E-state index in [1.807, 2.05) is 19.1 Å². The Labute approximate surface area is 172 Å². The molecule has 0 aromatic rings. The number of hydrogen-bond donors (Lipinski definition) is 0. The maximum absolute atomic E-state index is 13.6. The first-order valence-electron chi connectivity index (χ1n) is 11.1. The minimum absolute atomic E-state index is 0.0305. The molecule has 2 fully saturated rings. The summed E-state index contributed by atoms with van der Waals surface area (Å²) in [6.45, 7) is 18.1. The zero-order chi connectivity index (χ0) is 21.1. The molecule has 4 unspecified atom stereocenters. The first-order chi connectivity index (χ1) is 12.7. The molecular formula is C26H39NO. The van der Waals surface area contributed by atoms with Gasteiger partial charge < -0.3 is 0 Å². The lowest BCUT2D eigenvalue weighted by Gasteiger charge is -2.60. The minimum atomic E-state index is -0.281. The second kappa shape index (κ2) is 6.58. The van der Waals surface area contributed by atoms with Gasteiger partial charge >= 0.3 is 0 Å². The topological polar surface area (TPSA) is 40.9 Å². The molecule has 0 heterocycles. The van der Waals surface area contributed by atoms with Crippen molar-refractivity contribution in [2.75, 3.05) is 0 Å². The molecular weight excluding hydrogens is 342 g/mol. The lowest BCUT2D eigenvalue weighted by molar-refractivity contribution is -0.140. The van der Waals surface area contributed by atoms with E-state index in [1.165, 1.54) is 31.3 Å². The van der Waals surface area contributed by atoms with Crippen molar-refractivity contribution in [2.45, 2.75) is 87.5 Å². The number of nitrogens with zero attached hydrogens (tertiary/aromatic N) is 1. The molecule has 0 amide bonds. The van der Waals surface area contributed by atoms with Crippen LogP contribution in [0.2, 0.25) is 0 Å². The summed E-state index contributed by atoms with van der Waals surface area (Å²) in [5.74, 6) is 1.42. The van der Waals surface area contributed by atoms with Gasteiger partial charge in [-0.25, -0.2) is 0 Å². The molecule has 2 nitrogen and oxygen atoms in total. The maximum atomic E-state index is 13.6. The van der Waals surface area contributed by atoms with Crippen LogP contribution in [0.5, 0.6) is 0 Å². The Bertz CT molecular complexity index is 773. The van der Waals surface area contributed by atoms with Crippen LogP contribution >= 0.6 is 0 Å². The van der Waals surface area contributed by atoms with Crippen LogP contribution in [0.3, 0.4) is 0 Å². The maximum Gasteiger partial charge on any atom is 0.159 e. The quantitative estimate of drug-likeness (QED) is 0.489. The van der Waals surface area contributed by atoms with E-state index in [2.05, 4.69) is 54.5 Å². The molecule has 28 heavy (non-hydrogen) atoms. The van der Waals surface area contributed by atoms with E-state index in [1.54, 1.807) is 0 Å². The summed E-state index contributed by atoms with van der Waals surface area (Å²) in [5.41, 5.74) is 2.28. The SMILES string of the molecule is C/C(C#N)=C\C(C)(C)C1=CC(=O)C2C3CC(C)(C)CCC3(C)CCC2C1(C)C. The van der Waals surface area contributed by atoms with Gasteiger partial charge in [0, 0.05) is 16.9 Å². The first kappa shape index (κ1) is 21.4. The highest BCUT2D eigenvalue weighted by molar-refractivity contribution is 5.94. The molecule has 0 aliphatic heterocycles. The summed E-state index contributed by atoms with van der Waals surface area (Å²) in [7, 11) is 0. The summed E-state index contributed by atoms with van der Waals surface area (Å²) in [4.78, 5) is 13.6. The predicted octanol–water partition coefficient (Wildman–Crippen LogP) is 6.88. The Kier molecular flexibility index (Phi) is 5.02. The molecule has 0 bridgehead atoms. The van der Waals surface area contributed by atoms with E-state index in [9.17, 15) is 10.1 Å². The van der Waals surface area contributed by atoms with Crippen LogP contribution in [0.15, 0.2) is 23.3 Å². The Morgan fingerprint density at radius 3 is 2.39 bits per heavy atom. The number of fused-ring (bicyclic) bond motifs is 3. The van der Waals surface area contributed by atoms with Gasteiger partial charge in [0.25, 0.3) is 0 Å². The highest BCUT2D eigenvalue weighted by Crippen LogP contribution is 2.64. The largest absolute Gasteiger partial charge is 0.295 e. The van der Waals surface area contributed by atoms with Gasteiger partial charge in [-0.3, -0.25) is 4.79 Å². The van der Waals surface area contributed by atoms with Crippen molar-refractivity contribution in [3.8, 4) is 6.07 Å². The molecule has 3 rings (SSSR count). The van der Waals surface area contributed by atoms with Gasteiger partial charge in [0.1, 0.15) is 0 Å². The van der Waals surface area contributed by atoms with E-state index in [-0.39, 0.29) is 16.7 Å². The highest BCUT2D eigenvalue weighted by atomic mass is 16.1. The van der Waals surface area contributed by atoms with Gasteiger partial charge in [-0.2, -0.15) is 5.26 Å².